The number of para-hydroxylation sites is 5. The van der Waals surface area contributed by atoms with Crippen molar-refractivity contribution < 1.29 is 28.4 Å². The van der Waals surface area contributed by atoms with Crippen LogP contribution in [0.25, 0.3) is 32.3 Å². The summed E-state index contributed by atoms with van der Waals surface area (Å²) in [5, 5.41) is 6.10. The maximum Gasteiger partial charge on any atom is 0.260 e. The number of anilines is 6. The van der Waals surface area contributed by atoms with Gasteiger partial charge in [-0.2, -0.15) is 0 Å². The fraction of sp³-hybridized carbons (Fsp3) is 0. The van der Waals surface area contributed by atoms with Crippen molar-refractivity contribution in [2.75, 3.05) is 9.80 Å². The molecule has 0 N–H and O–H groups in total. The van der Waals surface area contributed by atoms with Crippen LogP contribution >= 0.6 is 0 Å². The molecular weight excluding hydrogens is 1090 g/mol. The Morgan fingerprint density at radius 1 is 0.202 bits per heavy atom. The predicted molar refractivity (Wildman–Crippen MR) is 361 cm³/mol. The summed E-state index contributed by atoms with van der Waals surface area (Å²) in [5.41, 5.74) is 15.6. The molecule has 20 rings (SSSR count). The van der Waals surface area contributed by atoms with Crippen molar-refractivity contribution in [1.29, 1.82) is 0 Å². The van der Waals surface area contributed by atoms with Gasteiger partial charge in [0.15, 0.2) is 0 Å². The summed E-state index contributed by atoms with van der Waals surface area (Å²) in [6, 6.07) is 96.1. The molecule has 0 bridgehead atoms. The summed E-state index contributed by atoms with van der Waals surface area (Å²) in [4.78, 5) is 4.56. The second kappa shape index (κ2) is 18.5. The van der Waals surface area contributed by atoms with Gasteiger partial charge in [0.05, 0.1) is 0 Å². The van der Waals surface area contributed by atoms with Crippen molar-refractivity contribution in [1.82, 2.24) is 0 Å². The Morgan fingerprint density at radius 2 is 0.528 bits per heavy atom. The molecule has 0 aliphatic carbocycles. The first-order valence-electron chi connectivity index (χ1n) is 30.3. The van der Waals surface area contributed by atoms with Gasteiger partial charge in [0.2, 0.25) is 0 Å². The second-order valence-corrected chi connectivity index (χ2v) is 23.7. The van der Waals surface area contributed by atoms with Crippen molar-refractivity contribution in [2.45, 2.75) is 0 Å². The third kappa shape index (κ3) is 7.03. The maximum atomic E-state index is 7.48. The van der Waals surface area contributed by atoms with E-state index in [-0.39, 0.29) is 20.1 Å². The number of rotatable bonds is 6. The van der Waals surface area contributed by atoms with Gasteiger partial charge in [-0.15, -0.1) is 0 Å². The normalized spacial score (nSPS) is 13.4. The highest BCUT2D eigenvalue weighted by atomic mass is 16.5. The van der Waals surface area contributed by atoms with E-state index in [1.54, 1.807) is 0 Å². The molecule has 11 heteroatoms. The lowest BCUT2D eigenvalue weighted by Gasteiger charge is -2.36. The average Bonchev–Trinajstić information content (AvgIpc) is 0.749. The van der Waals surface area contributed by atoms with Gasteiger partial charge in [-0.25, -0.2) is 0 Å². The maximum absolute atomic E-state index is 7.48. The molecule has 0 spiro atoms. The number of fused-ring (bicyclic) bond motifs is 20. The number of hydrogen-bond acceptors (Lipinski definition) is 8. The van der Waals surface area contributed by atoms with Crippen LogP contribution in [0.4, 0.5) is 34.1 Å². The van der Waals surface area contributed by atoms with Gasteiger partial charge in [0, 0.05) is 73.4 Å². The minimum atomic E-state index is -0.211. The third-order valence-electron chi connectivity index (χ3n) is 19.0. The summed E-state index contributed by atoms with van der Waals surface area (Å²) in [5.74, 6) is 9.47. The zero-order chi connectivity index (χ0) is 58.0. The molecule has 0 saturated heterocycles. The zero-order valence-corrected chi connectivity index (χ0v) is 47.6. The van der Waals surface area contributed by atoms with E-state index in [0.29, 0.717) is 0 Å². The fourth-order valence-electron chi connectivity index (χ4n) is 15.3. The quantitative estimate of drug-likeness (QED) is 0.121. The fourth-order valence-corrected chi connectivity index (χ4v) is 15.3. The van der Waals surface area contributed by atoms with Gasteiger partial charge in [0.25, 0.3) is 20.1 Å². The molecule has 0 aromatic heterocycles. The minimum Gasteiger partial charge on any atom is -0.458 e. The molecular formula is C78H45B3N2O6. The number of benzene rings is 14. The SMILES string of the molecule is c1ccc(N(c2ccccc2)c2ccc3c(c2)Oc2cccc4c2B3c2ccc3c5ccc6c(c5c5cc7c(cc5c3c2O4)Oc2cccc3c2B7c2ccccc2O3)Oc2cccc3c2B6c2ccc(N(c4ccccc4)c4ccccc4)cc2O3)cc1. The lowest BCUT2D eigenvalue weighted by atomic mass is 9.34. The van der Waals surface area contributed by atoms with Crippen LogP contribution in [0.5, 0.6) is 69.0 Å². The largest absolute Gasteiger partial charge is 0.458 e. The van der Waals surface area contributed by atoms with Crippen LogP contribution in [0.1, 0.15) is 0 Å². The van der Waals surface area contributed by atoms with Gasteiger partial charge >= 0.3 is 0 Å². The Bertz CT molecular complexity index is 5300. The second-order valence-electron chi connectivity index (χ2n) is 23.7. The minimum absolute atomic E-state index is 0.175. The van der Waals surface area contributed by atoms with E-state index in [4.69, 9.17) is 28.4 Å². The summed E-state index contributed by atoms with van der Waals surface area (Å²) in [6.07, 6.45) is 0. The first-order chi connectivity index (χ1) is 44.1. The number of nitrogens with zero attached hydrogens (tertiary/aromatic N) is 2. The van der Waals surface area contributed by atoms with Crippen LogP contribution in [-0.2, 0) is 0 Å². The van der Waals surface area contributed by atoms with E-state index in [2.05, 4.69) is 259 Å². The van der Waals surface area contributed by atoms with E-state index in [1.165, 1.54) is 0 Å². The summed E-state index contributed by atoms with van der Waals surface area (Å²) < 4.78 is 42.7. The Morgan fingerprint density at radius 3 is 0.966 bits per heavy atom. The molecule has 8 nitrogen and oxygen atoms in total. The highest BCUT2D eigenvalue weighted by molar-refractivity contribution is 7.00. The van der Waals surface area contributed by atoms with Gasteiger partial charge in [-0.3, -0.25) is 0 Å². The molecule has 0 radical (unpaired) electrons. The molecule has 6 heterocycles. The molecule has 0 fully saturated rings. The molecule has 0 saturated carbocycles. The zero-order valence-electron chi connectivity index (χ0n) is 47.6. The van der Waals surface area contributed by atoms with E-state index < -0.39 is 0 Å². The molecule has 0 atom stereocenters. The van der Waals surface area contributed by atoms with Crippen LogP contribution in [0.3, 0.4) is 0 Å². The molecule has 6 aliphatic heterocycles. The van der Waals surface area contributed by atoms with E-state index in [1.807, 2.05) is 24.3 Å². The molecule has 0 unspecified atom stereocenters. The highest BCUT2D eigenvalue weighted by Gasteiger charge is 2.45. The Hall–Kier alpha value is -11.5. The predicted octanol–water partition coefficient (Wildman–Crippen LogP) is 14.3. The van der Waals surface area contributed by atoms with Crippen LogP contribution in [-0.4, -0.2) is 20.1 Å². The Labute approximate surface area is 513 Å². The molecule has 89 heavy (non-hydrogen) atoms. The Kier molecular flexibility index (Phi) is 10.1. The van der Waals surface area contributed by atoms with Crippen molar-refractivity contribution in [3.05, 3.63) is 273 Å². The number of hydrogen-bond donors (Lipinski definition) is 0. The monoisotopic (exact) mass is 1140 g/mol. The van der Waals surface area contributed by atoms with Crippen molar-refractivity contribution in [3.8, 4) is 69.0 Å². The first kappa shape index (κ1) is 48.7. The molecule has 412 valence electrons. The van der Waals surface area contributed by atoms with E-state index in [9.17, 15) is 0 Å². The van der Waals surface area contributed by atoms with E-state index in [0.717, 1.165) is 185 Å². The number of ether oxygens (including phenoxy) is 6. The van der Waals surface area contributed by atoms with Gasteiger partial charge < -0.3 is 38.2 Å². The van der Waals surface area contributed by atoms with Crippen LogP contribution < -0.4 is 87.4 Å². The van der Waals surface area contributed by atoms with E-state index >= 15 is 0 Å². The Balaban J connectivity index is 0.825. The lowest BCUT2D eigenvalue weighted by Crippen LogP contribution is -2.57. The first-order valence-corrected chi connectivity index (χ1v) is 30.3. The molecule has 0 amide bonds. The van der Waals surface area contributed by atoms with Crippen LogP contribution in [0, 0.1) is 0 Å². The average molecular weight is 1140 g/mol. The van der Waals surface area contributed by atoms with Gasteiger partial charge in [0.1, 0.15) is 69.0 Å². The smallest absolute Gasteiger partial charge is 0.260 e. The summed E-state index contributed by atoms with van der Waals surface area (Å²) in [6.45, 7) is -0.597. The molecule has 14 aromatic rings. The van der Waals surface area contributed by atoms with Gasteiger partial charge in [-0.1, -0.05) is 152 Å². The van der Waals surface area contributed by atoms with Crippen molar-refractivity contribution in [3.63, 3.8) is 0 Å². The topological polar surface area (TPSA) is 61.9 Å². The highest BCUT2D eigenvalue weighted by Crippen LogP contribution is 2.50. The summed E-state index contributed by atoms with van der Waals surface area (Å²) >= 11 is 0. The van der Waals surface area contributed by atoms with Gasteiger partial charge in [-0.05, 0) is 164 Å². The standard InChI is InChI=1S/C78H45B3N2O6/c1-5-18-46(19-6-1)82(47-20-7-2-8-21-47)50-34-38-57-69(42-50)85-65-30-16-32-67-75(65)79(57)59-40-36-52-53-37-41-60-78(73(53)55-45-71-61(44-54(55)72(52)77(59)88-67)81-56-26-13-14-27-62(56)84-63-28-15-29-64(87-71)74(63)81)89-68-33-17-31-66-76(68)80(60)58-39-35-51(43-70(58)86-66)83(48-22-9-3-10-23-48)49-24-11-4-12-25-49/h1-45H. The van der Waals surface area contributed by atoms with Crippen LogP contribution in [0.2, 0.25) is 0 Å². The van der Waals surface area contributed by atoms with Crippen molar-refractivity contribution >= 4 is 136 Å². The summed E-state index contributed by atoms with van der Waals surface area (Å²) in [7, 11) is 0. The third-order valence-corrected chi connectivity index (χ3v) is 19.0. The van der Waals surface area contributed by atoms with Crippen LogP contribution in [0.15, 0.2) is 273 Å². The lowest BCUT2D eigenvalue weighted by molar-refractivity contribution is 0.464. The molecule has 14 aromatic carbocycles. The molecule has 6 aliphatic rings. The van der Waals surface area contributed by atoms with Crippen molar-refractivity contribution in [2.24, 2.45) is 0 Å².